The lowest BCUT2D eigenvalue weighted by atomic mass is 10.1. The van der Waals surface area contributed by atoms with E-state index in [1.165, 1.54) is 20.7 Å². The van der Waals surface area contributed by atoms with E-state index in [4.69, 9.17) is 0 Å². The summed E-state index contributed by atoms with van der Waals surface area (Å²) in [5, 5.41) is 29.1. The summed E-state index contributed by atoms with van der Waals surface area (Å²) in [6.45, 7) is 0. The number of benzene rings is 10. The lowest BCUT2D eigenvalue weighted by Crippen LogP contribution is -2.74. The first-order valence-electron chi connectivity index (χ1n) is 22.8. The lowest BCUT2D eigenvalue weighted by molar-refractivity contribution is 1.17. The van der Waals surface area contributed by atoms with Crippen molar-refractivity contribution in [1.29, 1.82) is 10.5 Å². The molecule has 0 aliphatic heterocycles. The van der Waals surface area contributed by atoms with Crippen LogP contribution in [0.2, 0.25) is 0 Å². The van der Waals surface area contributed by atoms with Gasteiger partial charge in [0.25, 0.3) is 0 Å². The summed E-state index contributed by atoms with van der Waals surface area (Å²) in [5.74, 6) is 0. The molecule has 0 radical (unpaired) electrons. The Morgan fingerprint density at radius 1 is 0.309 bits per heavy atom. The summed E-state index contributed by atoms with van der Waals surface area (Å²) in [6.07, 6.45) is 0. The molecule has 0 N–H and O–H groups in total. The maximum Gasteiger partial charge on any atom is 0.179 e. The molecule has 12 rings (SSSR count). The largest absolute Gasteiger partial charge is 0.311 e. The van der Waals surface area contributed by atoms with E-state index >= 15 is 0 Å². The minimum Gasteiger partial charge on any atom is -0.311 e. The van der Waals surface area contributed by atoms with E-state index in [-0.39, 0.29) is 0 Å². The molecule has 0 spiro atoms. The van der Waals surface area contributed by atoms with Gasteiger partial charge in [-0.15, -0.1) is 0 Å². The highest BCUT2D eigenvalue weighted by atomic mass is 28.3. The fourth-order valence-corrected chi connectivity index (χ4v) is 15.3. The molecule has 0 aliphatic carbocycles. The predicted molar refractivity (Wildman–Crippen MR) is 283 cm³/mol. The Bertz CT molecular complexity index is 3650. The Labute approximate surface area is 395 Å². The molecule has 0 saturated heterocycles. The van der Waals surface area contributed by atoms with Crippen LogP contribution in [0.25, 0.3) is 55.0 Å². The van der Waals surface area contributed by atoms with Crippen LogP contribution in [0.15, 0.2) is 249 Å². The summed E-state index contributed by atoms with van der Waals surface area (Å²) in [7, 11) is -2.86. The number of fused-ring (bicyclic) bond motifs is 6. The Kier molecular flexibility index (Phi) is 9.88. The van der Waals surface area contributed by atoms with E-state index in [0.717, 1.165) is 72.0 Å². The topological polar surface area (TPSA) is 60.7 Å². The molecule has 0 bridgehead atoms. The quantitative estimate of drug-likeness (QED) is 0.107. The van der Waals surface area contributed by atoms with Gasteiger partial charge in [0.1, 0.15) is 0 Å². The SMILES string of the molecule is N#Cc1ccc2c(c1)c1ccccc1n2-c1ccc(N(c2ccc(-n3c4ccccc4c4cc(C#N)ccc43)cc2)c2cccc([Si](c3ccccc3)(c3ccccc3)c3ccccc3)c2)cc1. The summed E-state index contributed by atoms with van der Waals surface area (Å²) in [5.41, 5.74) is 10.7. The first kappa shape index (κ1) is 40.3. The van der Waals surface area contributed by atoms with Crippen LogP contribution in [-0.4, -0.2) is 17.2 Å². The molecule has 0 atom stereocenters. The average Bonchev–Trinajstić information content (AvgIpc) is 3.92. The van der Waals surface area contributed by atoms with Crippen LogP contribution in [0.1, 0.15) is 11.1 Å². The molecule has 0 unspecified atom stereocenters. The monoisotopic (exact) mass is 883 g/mol. The second kappa shape index (κ2) is 16.7. The number of hydrogen-bond acceptors (Lipinski definition) is 3. The summed E-state index contributed by atoms with van der Waals surface area (Å²) < 4.78 is 4.58. The molecular weight excluding hydrogens is 843 g/mol. The molecule has 0 fully saturated rings. The maximum atomic E-state index is 9.79. The van der Waals surface area contributed by atoms with Gasteiger partial charge in [-0.25, -0.2) is 0 Å². The van der Waals surface area contributed by atoms with Crippen LogP contribution in [0, 0.1) is 22.7 Å². The average molecular weight is 884 g/mol. The van der Waals surface area contributed by atoms with E-state index in [0.29, 0.717) is 11.1 Å². The van der Waals surface area contributed by atoms with Crippen molar-refractivity contribution in [3.8, 4) is 23.5 Å². The van der Waals surface area contributed by atoms with Crippen molar-refractivity contribution < 1.29 is 0 Å². The highest BCUT2D eigenvalue weighted by Gasteiger charge is 2.41. The van der Waals surface area contributed by atoms with Crippen molar-refractivity contribution in [1.82, 2.24) is 9.13 Å². The van der Waals surface area contributed by atoms with E-state index < -0.39 is 8.07 Å². The number of hydrogen-bond donors (Lipinski definition) is 0. The molecule has 12 aromatic rings. The van der Waals surface area contributed by atoms with Crippen LogP contribution in [0.3, 0.4) is 0 Å². The zero-order valence-electron chi connectivity index (χ0n) is 36.9. The van der Waals surface area contributed by atoms with Crippen molar-refractivity contribution in [2.45, 2.75) is 0 Å². The van der Waals surface area contributed by atoms with Gasteiger partial charge in [0.05, 0.1) is 45.3 Å². The number of rotatable bonds is 9. The number of anilines is 3. The Morgan fingerprint density at radius 3 is 1.12 bits per heavy atom. The van der Waals surface area contributed by atoms with Crippen molar-refractivity contribution in [2.24, 2.45) is 0 Å². The standard InChI is InChI=1S/C62H41N5Si/c63-42-44-27-37-61-57(39-44)55-23-10-12-25-59(55)66(61)48-33-29-46(30-34-48)65(47-31-35-49(36-32-47)67-60-26-13-11-24-56(60)58-40-45(43-64)28-38-62(58)67)50-15-14-22-54(41-50)68(51-16-4-1-5-17-51,52-18-6-2-7-19-52)53-20-8-3-9-21-53/h1-41H. The molecule has 0 aliphatic rings. The van der Waals surface area contributed by atoms with Crippen molar-refractivity contribution in [3.05, 3.63) is 260 Å². The van der Waals surface area contributed by atoms with E-state index in [1.54, 1.807) is 0 Å². The molecule has 318 valence electrons. The second-order valence-corrected chi connectivity index (χ2v) is 21.0. The zero-order chi connectivity index (χ0) is 45.6. The minimum atomic E-state index is -2.86. The van der Waals surface area contributed by atoms with Crippen LogP contribution in [0.4, 0.5) is 17.1 Å². The number of nitriles is 2. The van der Waals surface area contributed by atoms with Crippen LogP contribution >= 0.6 is 0 Å². The van der Waals surface area contributed by atoms with Gasteiger partial charge in [-0.1, -0.05) is 140 Å². The number of para-hydroxylation sites is 2. The van der Waals surface area contributed by atoms with E-state index in [9.17, 15) is 10.5 Å². The molecule has 0 saturated carbocycles. The molecule has 68 heavy (non-hydrogen) atoms. The van der Waals surface area contributed by atoms with Crippen molar-refractivity contribution >= 4 is 89.5 Å². The molecule has 5 nitrogen and oxygen atoms in total. The molecular formula is C62H41N5Si. The van der Waals surface area contributed by atoms with Gasteiger partial charge < -0.3 is 14.0 Å². The molecule has 2 heterocycles. The van der Waals surface area contributed by atoms with Gasteiger partial charge in [0.2, 0.25) is 0 Å². The van der Waals surface area contributed by atoms with Crippen LogP contribution in [0.5, 0.6) is 0 Å². The third-order valence-electron chi connectivity index (χ3n) is 13.5. The van der Waals surface area contributed by atoms with Gasteiger partial charge in [-0.3, -0.25) is 0 Å². The highest BCUT2D eigenvalue weighted by molar-refractivity contribution is 7.19. The second-order valence-electron chi connectivity index (χ2n) is 17.2. The Hall–Kier alpha value is -9.20. The normalized spacial score (nSPS) is 11.5. The molecule has 2 aromatic heterocycles. The third kappa shape index (κ3) is 6.51. The summed E-state index contributed by atoms with van der Waals surface area (Å²) in [4.78, 5) is 2.37. The number of nitrogens with zero attached hydrogens (tertiary/aromatic N) is 5. The fourth-order valence-electron chi connectivity index (χ4n) is 10.5. The molecule has 0 amide bonds. The highest BCUT2D eigenvalue weighted by Crippen LogP contribution is 2.39. The Morgan fingerprint density at radius 2 is 0.691 bits per heavy atom. The minimum absolute atomic E-state index is 0.643. The van der Waals surface area contributed by atoms with Gasteiger partial charge in [-0.05, 0) is 130 Å². The van der Waals surface area contributed by atoms with Crippen molar-refractivity contribution in [3.63, 3.8) is 0 Å². The van der Waals surface area contributed by atoms with Crippen molar-refractivity contribution in [2.75, 3.05) is 4.90 Å². The first-order valence-corrected chi connectivity index (χ1v) is 24.8. The van der Waals surface area contributed by atoms with E-state index in [2.05, 4.69) is 251 Å². The molecule has 6 heteroatoms. The lowest BCUT2D eigenvalue weighted by Gasteiger charge is -2.35. The van der Waals surface area contributed by atoms with Crippen LogP contribution in [-0.2, 0) is 0 Å². The van der Waals surface area contributed by atoms with Gasteiger partial charge >= 0.3 is 0 Å². The predicted octanol–water partition coefficient (Wildman–Crippen LogP) is 12.5. The maximum absolute atomic E-state index is 9.79. The number of aromatic nitrogens is 2. The fraction of sp³-hybridized carbons (Fsp3) is 0. The first-order chi connectivity index (χ1) is 33.6. The Balaban J connectivity index is 1.05. The van der Waals surface area contributed by atoms with Gasteiger partial charge in [-0.2, -0.15) is 10.5 Å². The van der Waals surface area contributed by atoms with Gasteiger partial charge in [0, 0.05) is 50.0 Å². The van der Waals surface area contributed by atoms with Crippen LogP contribution < -0.4 is 25.6 Å². The third-order valence-corrected chi connectivity index (χ3v) is 18.3. The smallest absolute Gasteiger partial charge is 0.179 e. The summed E-state index contributed by atoms with van der Waals surface area (Å²) in [6, 6.07) is 93.4. The van der Waals surface area contributed by atoms with Gasteiger partial charge in [0.15, 0.2) is 8.07 Å². The summed E-state index contributed by atoms with van der Waals surface area (Å²) >= 11 is 0. The van der Waals surface area contributed by atoms with E-state index in [1.807, 2.05) is 24.3 Å². The zero-order valence-corrected chi connectivity index (χ0v) is 37.9. The molecule has 10 aromatic carbocycles.